The fourth-order valence-corrected chi connectivity index (χ4v) is 3.61. The van der Waals surface area contributed by atoms with E-state index in [1.807, 2.05) is 47.4 Å². The number of benzene rings is 2. The molecule has 4 rings (SSSR count). The minimum absolute atomic E-state index is 0.159. The Hall–Kier alpha value is -2.33. The predicted octanol–water partition coefficient (Wildman–Crippen LogP) is 2.90. The van der Waals surface area contributed by atoms with Crippen LogP contribution >= 0.6 is 0 Å². The highest BCUT2D eigenvalue weighted by atomic mass is 16.5. The number of anilines is 1. The molecule has 2 aromatic rings. The summed E-state index contributed by atoms with van der Waals surface area (Å²) in [6.45, 7) is 1.71. The molecule has 2 aliphatic rings. The Morgan fingerprint density at radius 3 is 2.65 bits per heavy atom. The second-order valence-electron chi connectivity index (χ2n) is 6.14. The molecule has 1 amide bonds. The molecule has 1 spiro atoms. The molecular formula is C19H19NO3. The van der Waals surface area contributed by atoms with Crippen molar-refractivity contribution in [1.29, 1.82) is 0 Å². The van der Waals surface area contributed by atoms with Crippen molar-refractivity contribution in [2.75, 3.05) is 25.2 Å². The van der Waals surface area contributed by atoms with Crippen molar-refractivity contribution in [1.82, 2.24) is 0 Å². The zero-order chi connectivity index (χ0) is 15.9. The highest BCUT2D eigenvalue weighted by Crippen LogP contribution is 2.47. The third-order valence-corrected chi connectivity index (χ3v) is 4.89. The van der Waals surface area contributed by atoms with Crippen molar-refractivity contribution < 1.29 is 14.3 Å². The molecule has 1 fully saturated rings. The van der Waals surface area contributed by atoms with E-state index < -0.39 is 5.41 Å². The van der Waals surface area contributed by atoms with Crippen LogP contribution in [0, 0.1) is 0 Å². The Morgan fingerprint density at radius 1 is 1.17 bits per heavy atom. The van der Waals surface area contributed by atoms with E-state index in [1.165, 1.54) is 0 Å². The first-order valence-corrected chi connectivity index (χ1v) is 7.87. The van der Waals surface area contributed by atoms with Crippen LogP contribution in [0.2, 0.25) is 0 Å². The lowest BCUT2D eigenvalue weighted by molar-refractivity contribution is -0.123. The van der Waals surface area contributed by atoms with E-state index in [1.54, 1.807) is 7.11 Å². The van der Waals surface area contributed by atoms with Crippen LogP contribution in [0.3, 0.4) is 0 Å². The van der Waals surface area contributed by atoms with Gasteiger partial charge >= 0.3 is 0 Å². The number of rotatable bonds is 3. The van der Waals surface area contributed by atoms with Crippen molar-refractivity contribution in [2.24, 2.45) is 0 Å². The molecule has 1 unspecified atom stereocenters. The van der Waals surface area contributed by atoms with Crippen LogP contribution in [0.1, 0.15) is 17.5 Å². The molecule has 118 valence electrons. The maximum Gasteiger partial charge on any atom is 0.240 e. The van der Waals surface area contributed by atoms with Crippen LogP contribution in [0.5, 0.6) is 5.75 Å². The van der Waals surface area contributed by atoms with Gasteiger partial charge in [-0.05, 0) is 35.7 Å². The van der Waals surface area contributed by atoms with E-state index in [4.69, 9.17) is 9.47 Å². The predicted molar refractivity (Wildman–Crippen MR) is 87.7 cm³/mol. The lowest BCUT2D eigenvalue weighted by Crippen LogP contribution is -2.40. The van der Waals surface area contributed by atoms with E-state index in [9.17, 15) is 4.79 Å². The van der Waals surface area contributed by atoms with Crippen LogP contribution in [-0.4, -0.2) is 26.2 Å². The average Bonchev–Trinajstić information content (AvgIpc) is 3.17. The molecule has 0 aliphatic carbocycles. The molecular weight excluding hydrogens is 290 g/mol. The summed E-state index contributed by atoms with van der Waals surface area (Å²) >= 11 is 0. The first-order valence-electron chi connectivity index (χ1n) is 7.87. The molecule has 2 aromatic carbocycles. The van der Waals surface area contributed by atoms with Gasteiger partial charge < -0.3 is 14.4 Å². The standard InChI is InChI=1S/C19H19NO3/c1-22-15-8-6-14(7-9-15)12-20-17-5-3-2-4-16(17)19(18(20)21)10-11-23-13-19/h2-9H,10-13H2,1H3. The van der Waals surface area contributed by atoms with Gasteiger partial charge in [0.15, 0.2) is 0 Å². The monoisotopic (exact) mass is 309 g/mol. The van der Waals surface area contributed by atoms with Gasteiger partial charge in [-0.2, -0.15) is 0 Å². The zero-order valence-corrected chi connectivity index (χ0v) is 13.1. The number of amides is 1. The summed E-state index contributed by atoms with van der Waals surface area (Å²) in [4.78, 5) is 15.0. The number of methoxy groups -OCH3 is 1. The SMILES string of the molecule is COc1ccc(CN2C(=O)C3(CCOC3)c3ccccc32)cc1. The highest BCUT2D eigenvalue weighted by Gasteiger charge is 2.52. The molecule has 1 atom stereocenters. The second kappa shape index (κ2) is 5.39. The molecule has 4 heteroatoms. The maximum absolute atomic E-state index is 13.1. The van der Waals surface area contributed by atoms with Crippen molar-refractivity contribution in [2.45, 2.75) is 18.4 Å². The smallest absolute Gasteiger partial charge is 0.240 e. The molecule has 2 heterocycles. The Bertz CT molecular complexity index is 733. The normalized spacial score (nSPS) is 22.7. The van der Waals surface area contributed by atoms with Gasteiger partial charge in [-0.25, -0.2) is 0 Å². The Morgan fingerprint density at radius 2 is 1.96 bits per heavy atom. The summed E-state index contributed by atoms with van der Waals surface area (Å²) in [6.07, 6.45) is 0.766. The number of fused-ring (bicyclic) bond motifs is 2. The summed E-state index contributed by atoms with van der Waals surface area (Å²) in [6, 6.07) is 16.0. The number of carbonyl (C=O) groups excluding carboxylic acids is 1. The summed E-state index contributed by atoms with van der Waals surface area (Å²) in [5.74, 6) is 0.981. The van der Waals surface area contributed by atoms with E-state index in [-0.39, 0.29) is 5.91 Å². The van der Waals surface area contributed by atoms with Crippen LogP contribution in [0.15, 0.2) is 48.5 Å². The third kappa shape index (κ3) is 2.13. The first kappa shape index (κ1) is 14.3. The van der Waals surface area contributed by atoms with Crippen molar-refractivity contribution in [3.63, 3.8) is 0 Å². The molecule has 0 radical (unpaired) electrons. The highest BCUT2D eigenvalue weighted by molar-refractivity contribution is 6.08. The molecule has 4 nitrogen and oxygen atoms in total. The van der Waals surface area contributed by atoms with Crippen molar-refractivity contribution >= 4 is 11.6 Å². The van der Waals surface area contributed by atoms with Gasteiger partial charge in [0.05, 0.1) is 20.3 Å². The number of para-hydroxylation sites is 1. The van der Waals surface area contributed by atoms with Gasteiger partial charge in [-0.15, -0.1) is 0 Å². The summed E-state index contributed by atoms with van der Waals surface area (Å²) in [5, 5.41) is 0. The van der Waals surface area contributed by atoms with Gasteiger partial charge in [0.2, 0.25) is 5.91 Å². The van der Waals surface area contributed by atoms with Crippen LogP contribution < -0.4 is 9.64 Å². The Labute approximate surface area is 135 Å². The molecule has 0 saturated carbocycles. The van der Waals surface area contributed by atoms with Crippen LogP contribution in [0.4, 0.5) is 5.69 Å². The quantitative estimate of drug-likeness (QED) is 0.875. The van der Waals surface area contributed by atoms with Crippen molar-refractivity contribution in [3.05, 3.63) is 59.7 Å². The minimum atomic E-state index is -0.483. The van der Waals surface area contributed by atoms with E-state index in [2.05, 4.69) is 6.07 Å². The van der Waals surface area contributed by atoms with Gasteiger partial charge in [0.25, 0.3) is 0 Å². The largest absolute Gasteiger partial charge is 0.497 e. The van der Waals surface area contributed by atoms with Crippen molar-refractivity contribution in [3.8, 4) is 5.75 Å². The molecule has 0 aromatic heterocycles. The number of hydrogen-bond acceptors (Lipinski definition) is 3. The number of nitrogens with zero attached hydrogens (tertiary/aromatic N) is 1. The van der Waals surface area contributed by atoms with Gasteiger partial charge in [-0.1, -0.05) is 30.3 Å². The average molecular weight is 309 g/mol. The minimum Gasteiger partial charge on any atom is -0.497 e. The summed E-state index contributed by atoms with van der Waals surface area (Å²) in [7, 11) is 1.65. The topological polar surface area (TPSA) is 38.8 Å². The fraction of sp³-hybridized carbons (Fsp3) is 0.316. The molecule has 2 aliphatic heterocycles. The van der Waals surface area contributed by atoms with Gasteiger partial charge in [0.1, 0.15) is 11.2 Å². The van der Waals surface area contributed by atoms with E-state index in [0.717, 1.165) is 29.0 Å². The fourth-order valence-electron chi connectivity index (χ4n) is 3.61. The van der Waals surface area contributed by atoms with E-state index in [0.29, 0.717) is 19.8 Å². The lowest BCUT2D eigenvalue weighted by Gasteiger charge is -2.22. The molecule has 0 N–H and O–H groups in total. The number of ether oxygens (including phenoxy) is 2. The zero-order valence-electron chi connectivity index (χ0n) is 13.1. The van der Waals surface area contributed by atoms with Crippen LogP contribution in [0.25, 0.3) is 0 Å². The number of hydrogen-bond donors (Lipinski definition) is 0. The third-order valence-electron chi connectivity index (χ3n) is 4.89. The lowest BCUT2D eigenvalue weighted by atomic mass is 9.81. The van der Waals surface area contributed by atoms with E-state index >= 15 is 0 Å². The second-order valence-corrected chi connectivity index (χ2v) is 6.14. The Balaban J connectivity index is 1.70. The maximum atomic E-state index is 13.1. The number of carbonyl (C=O) groups is 1. The van der Waals surface area contributed by atoms with Crippen LogP contribution in [-0.2, 0) is 21.5 Å². The molecule has 0 bridgehead atoms. The summed E-state index contributed by atoms with van der Waals surface area (Å²) in [5.41, 5.74) is 2.73. The first-order chi connectivity index (χ1) is 11.2. The Kier molecular flexibility index (Phi) is 3.34. The van der Waals surface area contributed by atoms with Gasteiger partial charge in [-0.3, -0.25) is 4.79 Å². The molecule has 1 saturated heterocycles. The van der Waals surface area contributed by atoms with Gasteiger partial charge in [0, 0.05) is 12.3 Å². The molecule has 23 heavy (non-hydrogen) atoms. The summed E-state index contributed by atoms with van der Waals surface area (Å²) < 4.78 is 10.8.